The van der Waals surface area contributed by atoms with Crippen LogP contribution in [0.15, 0.2) is 0 Å². The summed E-state index contributed by atoms with van der Waals surface area (Å²) >= 11 is 0. The molecule has 1 saturated heterocycles. The molecule has 1 aliphatic carbocycles. The van der Waals surface area contributed by atoms with Crippen molar-refractivity contribution in [3.05, 3.63) is 0 Å². The Morgan fingerprint density at radius 1 is 1.47 bits per heavy atom. The summed E-state index contributed by atoms with van der Waals surface area (Å²) in [6, 6.07) is -0.352. The molecule has 0 aromatic carbocycles. The SMILES string of the molecule is CC(O)CN1C(=O)C(C)N(C2CC2)C1=O. The highest BCUT2D eigenvalue weighted by atomic mass is 16.3. The first-order valence-electron chi connectivity index (χ1n) is 5.34. The summed E-state index contributed by atoms with van der Waals surface area (Å²) in [5, 5.41) is 9.21. The van der Waals surface area contributed by atoms with Crippen LogP contribution in [0.25, 0.3) is 0 Å². The van der Waals surface area contributed by atoms with Crippen LogP contribution in [-0.2, 0) is 4.79 Å². The van der Waals surface area contributed by atoms with Gasteiger partial charge in [0.2, 0.25) is 0 Å². The minimum absolute atomic E-state index is 0.102. The number of carbonyl (C=O) groups is 2. The van der Waals surface area contributed by atoms with E-state index < -0.39 is 6.10 Å². The second kappa shape index (κ2) is 3.48. The number of hydrogen-bond donors (Lipinski definition) is 1. The minimum atomic E-state index is -0.663. The highest BCUT2D eigenvalue weighted by Gasteiger charge is 2.48. The quantitative estimate of drug-likeness (QED) is 0.679. The maximum atomic E-state index is 11.9. The lowest BCUT2D eigenvalue weighted by Crippen LogP contribution is -2.38. The summed E-state index contributed by atoms with van der Waals surface area (Å²) in [7, 11) is 0. The van der Waals surface area contributed by atoms with E-state index in [0.717, 1.165) is 17.7 Å². The third-order valence-corrected chi connectivity index (χ3v) is 2.88. The summed E-state index contributed by atoms with van der Waals surface area (Å²) in [5.74, 6) is -0.187. The van der Waals surface area contributed by atoms with Crippen LogP contribution in [0.5, 0.6) is 0 Å². The van der Waals surface area contributed by atoms with Crippen LogP contribution in [0.3, 0.4) is 0 Å². The zero-order valence-corrected chi connectivity index (χ0v) is 9.01. The molecular formula is C10H16N2O3. The van der Waals surface area contributed by atoms with Gasteiger partial charge in [-0.2, -0.15) is 0 Å². The van der Waals surface area contributed by atoms with Crippen LogP contribution < -0.4 is 0 Å². The van der Waals surface area contributed by atoms with Crippen molar-refractivity contribution in [1.82, 2.24) is 9.80 Å². The molecule has 2 fully saturated rings. The van der Waals surface area contributed by atoms with Gasteiger partial charge in [-0.1, -0.05) is 0 Å². The van der Waals surface area contributed by atoms with E-state index in [0.29, 0.717) is 0 Å². The number of imide groups is 1. The molecule has 0 bridgehead atoms. The van der Waals surface area contributed by atoms with Crippen LogP contribution >= 0.6 is 0 Å². The average molecular weight is 212 g/mol. The van der Waals surface area contributed by atoms with Gasteiger partial charge in [0.15, 0.2) is 0 Å². The van der Waals surface area contributed by atoms with Gasteiger partial charge in [-0.3, -0.25) is 9.69 Å². The van der Waals surface area contributed by atoms with E-state index in [2.05, 4.69) is 0 Å². The highest BCUT2D eigenvalue weighted by molar-refractivity contribution is 6.04. The van der Waals surface area contributed by atoms with Crippen LogP contribution in [-0.4, -0.2) is 51.6 Å². The number of rotatable bonds is 3. The first-order chi connectivity index (χ1) is 7.02. The number of aliphatic hydroxyl groups is 1. The summed E-state index contributed by atoms with van der Waals surface area (Å²) in [6.07, 6.45) is 1.32. The van der Waals surface area contributed by atoms with E-state index in [-0.39, 0.29) is 30.6 Å². The van der Waals surface area contributed by atoms with Gasteiger partial charge in [0, 0.05) is 6.04 Å². The predicted molar refractivity (Wildman–Crippen MR) is 53.1 cm³/mol. The lowest BCUT2D eigenvalue weighted by molar-refractivity contribution is -0.128. The van der Waals surface area contributed by atoms with Crippen molar-refractivity contribution in [2.45, 2.75) is 44.9 Å². The Hall–Kier alpha value is -1.10. The first-order valence-corrected chi connectivity index (χ1v) is 5.34. The van der Waals surface area contributed by atoms with E-state index in [1.807, 2.05) is 0 Å². The van der Waals surface area contributed by atoms with Crippen molar-refractivity contribution >= 4 is 11.9 Å². The molecule has 2 aliphatic rings. The molecule has 84 valence electrons. The number of nitrogens with zero attached hydrogens (tertiary/aromatic N) is 2. The summed E-state index contributed by atoms with van der Waals surface area (Å²) in [5.41, 5.74) is 0. The second-order valence-electron chi connectivity index (χ2n) is 4.39. The molecule has 0 spiro atoms. The van der Waals surface area contributed by atoms with Gasteiger partial charge < -0.3 is 10.0 Å². The second-order valence-corrected chi connectivity index (χ2v) is 4.39. The van der Waals surface area contributed by atoms with E-state index in [4.69, 9.17) is 0 Å². The maximum Gasteiger partial charge on any atom is 0.327 e. The van der Waals surface area contributed by atoms with E-state index >= 15 is 0 Å². The zero-order chi connectivity index (χ0) is 11.2. The standard InChI is InChI=1S/C10H16N2O3/c1-6(13)5-11-9(14)7(2)12(10(11)15)8-3-4-8/h6-8,13H,3-5H2,1-2H3. The zero-order valence-electron chi connectivity index (χ0n) is 9.01. The van der Waals surface area contributed by atoms with Gasteiger partial charge in [0.1, 0.15) is 6.04 Å². The van der Waals surface area contributed by atoms with Crippen molar-refractivity contribution in [2.24, 2.45) is 0 Å². The van der Waals surface area contributed by atoms with Gasteiger partial charge in [-0.25, -0.2) is 4.79 Å². The molecule has 15 heavy (non-hydrogen) atoms. The number of carbonyl (C=O) groups excluding carboxylic acids is 2. The molecule has 1 saturated carbocycles. The molecule has 1 heterocycles. The lowest BCUT2D eigenvalue weighted by atomic mass is 10.3. The molecule has 1 aliphatic heterocycles. The van der Waals surface area contributed by atoms with Gasteiger partial charge in [-0.05, 0) is 26.7 Å². The third kappa shape index (κ3) is 1.71. The van der Waals surface area contributed by atoms with Crippen molar-refractivity contribution in [2.75, 3.05) is 6.54 Å². The van der Waals surface area contributed by atoms with Crippen LogP contribution in [0.2, 0.25) is 0 Å². The van der Waals surface area contributed by atoms with Crippen LogP contribution in [0, 0.1) is 0 Å². The molecule has 0 radical (unpaired) electrons. The fraction of sp³-hybridized carbons (Fsp3) is 0.800. The number of β-amino-alcohol motifs (C(OH)–C–C–N with tert-alkyl or cyclic N) is 1. The molecule has 2 atom stereocenters. The Labute approximate surface area is 88.6 Å². The number of hydrogen-bond acceptors (Lipinski definition) is 3. The number of amides is 3. The van der Waals surface area contributed by atoms with E-state index in [1.165, 1.54) is 0 Å². The predicted octanol–water partition coefficient (Wildman–Crippen LogP) is 0.182. The van der Waals surface area contributed by atoms with Crippen LogP contribution in [0.1, 0.15) is 26.7 Å². The highest BCUT2D eigenvalue weighted by Crippen LogP contribution is 2.33. The monoisotopic (exact) mass is 212 g/mol. The molecular weight excluding hydrogens is 196 g/mol. The molecule has 0 aromatic heterocycles. The van der Waals surface area contributed by atoms with Crippen molar-refractivity contribution in [3.8, 4) is 0 Å². The van der Waals surface area contributed by atoms with Gasteiger partial charge in [0.25, 0.3) is 5.91 Å². The fourth-order valence-electron chi connectivity index (χ4n) is 2.00. The van der Waals surface area contributed by atoms with Crippen LogP contribution in [0.4, 0.5) is 4.79 Å². The topological polar surface area (TPSA) is 60.9 Å². The summed E-state index contributed by atoms with van der Waals surface area (Å²) < 4.78 is 0. The van der Waals surface area contributed by atoms with Crippen molar-refractivity contribution in [3.63, 3.8) is 0 Å². The Morgan fingerprint density at radius 3 is 2.53 bits per heavy atom. The largest absolute Gasteiger partial charge is 0.392 e. The minimum Gasteiger partial charge on any atom is -0.392 e. The normalized spacial score (nSPS) is 28.9. The Balaban J connectivity index is 2.13. The van der Waals surface area contributed by atoms with Gasteiger partial charge in [-0.15, -0.1) is 0 Å². The van der Waals surface area contributed by atoms with Gasteiger partial charge in [0.05, 0.1) is 12.6 Å². The summed E-state index contributed by atoms with van der Waals surface area (Å²) in [4.78, 5) is 26.4. The number of aliphatic hydroxyl groups excluding tert-OH is 1. The van der Waals surface area contributed by atoms with Gasteiger partial charge >= 0.3 is 6.03 Å². The molecule has 1 N–H and O–H groups in total. The summed E-state index contributed by atoms with van der Waals surface area (Å²) in [6.45, 7) is 3.43. The van der Waals surface area contributed by atoms with Crippen molar-refractivity contribution < 1.29 is 14.7 Å². The number of urea groups is 1. The Kier molecular flexibility index (Phi) is 2.42. The lowest BCUT2D eigenvalue weighted by Gasteiger charge is -2.18. The molecule has 2 rings (SSSR count). The molecule has 3 amide bonds. The third-order valence-electron chi connectivity index (χ3n) is 2.88. The Morgan fingerprint density at radius 2 is 2.07 bits per heavy atom. The average Bonchev–Trinajstić information content (AvgIpc) is 2.93. The smallest absolute Gasteiger partial charge is 0.327 e. The van der Waals surface area contributed by atoms with E-state index in [9.17, 15) is 14.7 Å². The fourth-order valence-corrected chi connectivity index (χ4v) is 2.00. The molecule has 0 aromatic rings. The van der Waals surface area contributed by atoms with Crippen molar-refractivity contribution in [1.29, 1.82) is 0 Å². The molecule has 2 unspecified atom stereocenters. The Bertz CT molecular complexity index is 299. The molecule has 5 heteroatoms. The maximum absolute atomic E-state index is 11.9. The van der Waals surface area contributed by atoms with E-state index in [1.54, 1.807) is 18.7 Å². The first kappa shape index (κ1) is 10.4. The molecule has 5 nitrogen and oxygen atoms in total.